The number of hydrogen-bond acceptors (Lipinski definition) is 2. The molecule has 110 valence electrons. The summed E-state index contributed by atoms with van der Waals surface area (Å²) >= 11 is 0. The summed E-state index contributed by atoms with van der Waals surface area (Å²) in [5.74, 6) is -0.148. The molecule has 2 aliphatic heterocycles. The summed E-state index contributed by atoms with van der Waals surface area (Å²) < 4.78 is 13.8. The molecule has 2 fully saturated rings. The molecule has 20 heavy (non-hydrogen) atoms. The van der Waals surface area contributed by atoms with Gasteiger partial charge >= 0.3 is 0 Å². The third-order valence-corrected chi connectivity index (χ3v) is 5.35. The summed E-state index contributed by atoms with van der Waals surface area (Å²) in [6.45, 7) is 3.57. The minimum atomic E-state index is -0.786. The van der Waals surface area contributed by atoms with Crippen molar-refractivity contribution in [3.8, 4) is 0 Å². The van der Waals surface area contributed by atoms with Crippen LogP contribution in [0.1, 0.15) is 48.8 Å². The van der Waals surface area contributed by atoms with Crippen molar-refractivity contribution in [2.75, 3.05) is 7.05 Å². The molecular formula is C17H24FNO. The molecule has 2 aliphatic rings. The van der Waals surface area contributed by atoms with E-state index in [4.69, 9.17) is 0 Å². The Balaban J connectivity index is 1.97. The summed E-state index contributed by atoms with van der Waals surface area (Å²) in [6.07, 6.45) is 5.12. The fourth-order valence-corrected chi connectivity index (χ4v) is 4.10. The van der Waals surface area contributed by atoms with E-state index >= 15 is 0 Å². The summed E-state index contributed by atoms with van der Waals surface area (Å²) in [7, 11) is 2.18. The highest BCUT2D eigenvalue weighted by Gasteiger charge is 2.45. The lowest BCUT2D eigenvalue weighted by atomic mass is 9.72. The largest absolute Gasteiger partial charge is 0.385 e. The Morgan fingerprint density at radius 3 is 2.15 bits per heavy atom. The van der Waals surface area contributed by atoms with E-state index in [1.54, 1.807) is 13.8 Å². The number of aliphatic hydroxyl groups is 1. The van der Waals surface area contributed by atoms with Crippen LogP contribution < -0.4 is 0 Å². The molecule has 1 aromatic carbocycles. The lowest BCUT2D eigenvalue weighted by Crippen LogP contribution is -2.55. The van der Waals surface area contributed by atoms with Gasteiger partial charge in [-0.15, -0.1) is 0 Å². The molecule has 0 spiro atoms. The van der Waals surface area contributed by atoms with E-state index in [0.717, 1.165) is 31.2 Å². The van der Waals surface area contributed by atoms with Crippen molar-refractivity contribution >= 4 is 0 Å². The van der Waals surface area contributed by atoms with Crippen molar-refractivity contribution in [3.63, 3.8) is 0 Å². The van der Waals surface area contributed by atoms with Crippen molar-refractivity contribution in [3.05, 3.63) is 34.6 Å². The quantitative estimate of drug-likeness (QED) is 0.851. The fraction of sp³-hybridized carbons (Fsp3) is 0.647. The Hall–Kier alpha value is -0.930. The maximum absolute atomic E-state index is 13.8. The van der Waals surface area contributed by atoms with Gasteiger partial charge in [0.1, 0.15) is 5.82 Å². The lowest BCUT2D eigenvalue weighted by molar-refractivity contribution is -0.0875. The molecule has 3 rings (SSSR count). The average Bonchev–Trinajstić information content (AvgIpc) is 2.37. The predicted molar refractivity (Wildman–Crippen MR) is 78.2 cm³/mol. The van der Waals surface area contributed by atoms with E-state index in [1.165, 1.54) is 6.42 Å². The third kappa shape index (κ3) is 2.17. The minimum Gasteiger partial charge on any atom is -0.385 e. The van der Waals surface area contributed by atoms with E-state index in [9.17, 15) is 9.50 Å². The number of piperidine rings is 2. The van der Waals surface area contributed by atoms with Crippen molar-refractivity contribution in [2.45, 2.75) is 63.6 Å². The minimum absolute atomic E-state index is 0.148. The number of aryl methyl sites for hydroxylation is 2. The van der Waals surface area contributed by atoms with Crippen LogP contribution in [0.5, 0.6) is 0 Å². The van der Waals surface area contributed by atoms with Gasteiger partial charge in [0.15, 0.2) is 0 Å². The molecule has 1 N–H and O–H groups in total. The van der Waals surface area contributed by atoms with Crippen molar-refractivity contribution < 1.29 is 9.50 Å². The van der Waals surface area contributed by atoms with Crippen LogP contribution in [0.15, 0.2) is 12.1 Å². The first kappa shape index (κ1) is 14.0. The third-order valence-electron chi connectivity index (χ3n) is 5.35. The number of halogens is 1. The summed E-state index contributed by atoms with van der Waals surface area (Å²) in [4.78, 5) is 2.43. The molecule has 1 aromatic rings. The Morgan fingerprint density at radius 1 is 1.15 bits per heavy atom. The van der Waals surface area contributed by atoms with Gasteiger partial charge in [0.05, 0.1) is 5.60 Å². The highest BCUT2D eigenvalue weighted by atomic mass is 19.1. The van der Waals surface area contributed by atoms with Crippen LogP contribution in [0.2, 0.25) is 0 Å². The topological polar surface area (TPSA) is 23.5 Å². The lowest BCUT2D eigenvalue weighted by Gasteiger charge is -2.51. The number of rotatable bonds is 1. The molecular weight excluding hydrogens is 253 g/mol. The van der Waals surface area contributed by atoms with Crippen LogP contribution in [0.4, 0.5) is 4.39 Å². The molecule has 2 heterocycles. The first-order chi connectivity index (χ1) is 9.40. The molecule has 3 heteroatoms. The molecule has 2 unspecified atom stereocenters. The number of benzene rings is 1. The zero-order chi connectivity index (χ0) is 14.5. The smallest absolute Gasteiger partial charge is 0.129 e. The van der Waals surface area contributed by atoms with Crippen LogP contribution >= 0.6 is 0 Å². The predicted octanol–water partition coefficient (Wildman–Crippen LogP) is 3.28. The summed E-state index contributed by atoms with van der Waals surface area (Å²) in [6, 6.07) is 4.59. The van der Waals surface area contributed by atoms with Crippen molar-refractivity contribution in [1.82, 2.24) is 4.90 Å². The highest BCUT2D eigenvalue weighted by Crippen LogP contribution is 2.44. The zero-order valence-corrected chi connectivity index (χ0v) is 12.6. The van der Waals surface area contributed by atoms with E-state index < -0.39 is 5.60 Å². The van der Waals surface area contributed by atoms with Gasteiger partial charge < -0.3 is 10.0 Å². The standard InChI is InChI=1S/C17H24FNO/c1-11-7-13(8-12(2)16(11)18)17(20)9-14-5-4-6-15(10-17)19(14)3/h7-8,14-15,20H,4-6,9-10H2,1-3H3. The van der Waals surface area contributed by atoms with Crippen LogP contribution in [-0.4, -0.2) is 29.1 Å². The van der Waals surface area contributed by atoms with Crippen LogP contribution in [-0.2, 0) is 5.60 Å². The van der Waals surface area contributed by atoms with Crippen LogP contribution in [0, 0.1) is 19.7 Å². The van der Waals surface area contributed by atoms with Gasteiger partial charge in [0.25, 0.3) is 0 Å². The van der Waals surface area contributed by atoms with E-state index in [0.29, 0.717) is 23.2 Å². The molecule has 0 saturated carbocycles. The van der Waals surface area contributed by atoms with Gasteiger partial charge in [0, 0.05) is 12.1 Å². The molecule has 2 bridgehead atoms. The maximum atomic E-state index is 13.8. The molecule has 0 radical (unpaired) electrons. The van der Waals surface area contributed by atoms with Gasteiger partial charge in [-0.1, -0.05) is 18.6 Å². The molecule has 2 saturated heterocycles. The van der Waals surface area contributed by atoms with Gasteiger partial charge in [-0.3, -0.25) is 0 Å². The van der Waals surface area contributed by atoms with Crippen LogP contribution in [0.3, 0.4) is 0 Å². The second-order valence-corrected chi connectivity index (χ2v) is 6.77. The molecule has 2 nitrogen and oxygen atoms in total. The van der Waals surface area contributed by atoms with Crippen LogP contribution in [0.25, 0.3) is 0 Å². The second-order valence-electron chi connectivity index (χ2n) is 6.77. The molecule has 0 aromatic heterocycles. The number of hydrogen-bond donors (Lipinski definition) is 1. The van der Waals surface area contributed by atoms with Crippen molar-refractivity contribution in [1.29, 1.82) is 0 Å². The Morgan fingerprint density at radius 2 is 1.65 bits per heavy atom. The Kier molecular flexibility index (Phi) is 3.38. The average molecular weight is 277 g/mol. The van der Waals surface area contributed by atoms with E-state index in [1.807, 2.05) is 12.1 Å². The van der Waals surface area contributed by atoms with Gasteiger partial charge in [0.2, 0.25) is 0 Å². The van der Waals surface area contributed by atoms with Gasteiger partial charge in [-0.05, 0) is 63.3 Å². The molecule has 0 amide bonds. The SMILES string of the molecule is Cc1cc(C2(O)CC3CCCC(C2)N3C)cc(C)c1F. The van der Waals surface area contributed by atoms with Crippen molar-refractivity contribution in [2.24, 2.45) is 0 Å². The maximum Gasteiger partial charge on any atom is 0.129 e. The molecule has 2 atom stereocenters. The second kappa shape index (κ2) is 4.81. The highest BCUT2D eigenvalue weighted by molar-refractivity contribution is 5.35. The van der Waals surface area contributed by atoms with Gasteiger partial charge in [-0.2, -0.15) is 0 Å². The first-order valence-corrected chi connectivity index (χ1v) is 7.62. The number of nitrogens with zero attached hydrogens (tertiary/aromatic N) is 1. The first-order valence-electron chi connectivity index (χ1n) is 7.62. The fourth-order valence-electron chi connectivity index (χ4n) is 4.10. The van der Waals surface area contributed by atoms with E-state index in [2.05, 4.69) is 11.9 Å². The summed E-state index contributed by atoms with van der Waals surface area (Å²) in [5.41, 5.74) is 1.39. The van der Waals surface area contributed by atoms with E-state index in [-0.39, 0.29) is 5.82 Å². The number of fused-ring (bicyclic) bond motifs is 2. The Labute approximate surface area is 120 Å². The molecule has 0 aliphatic carbocycles. The van der Waals surface area contributed by atoms with Gasteiger partial charge in [-0.25, -0.2) is 4.39 Å². The monoisotopic (exact) mass is 277 g/mol. The summed E-state index contributed by atoms with van der Waals surface area (Å²) in [5, 5.41) is 11.2. The normalized spacial score (nSPS) is 34.2. The Bertz CT molecular complexity index is 491. The zero-order valence-electron chi connectivity index (χ0n) is 12.6.